The smallest absolute Gasteiger partial charge is 0.305 e. The second-order valence-electron chi connectivity index (χ2n) is 4.49. The SMILES string of the molecule is CCOC(=O)CCCN(C)Cc1ccc(SC)cc1. The van der Waals surface area contributed by atoms with Gasteiger partial charge in [-0.3, -0.25) is 4.79 Å². The Labute approximate surface area is 120 Å². The summed E-state index contributed by atoms with van der Waals surface area (Å²) in [6.45, 7) is 4.12. The van der Waals surface area contributed by atoms with E-state index in [2.05, 4.69) is 42.5 Å². The molecule has 0 N–H and O–H groups in total. The lowest BCUT2D eigenvalue weighted by molar-refractivity contribution is -0.143. The summed E-state index contributed by atoms with van der Waals surface area (Å²) in [6, 6.07) is 8.61. The van der Waals surface area contributed by atoms with Crippen molar-refractivity contribution in [3.63, 3.8) is 0 Å². The summed E-state index contributed by atoms with van der Waals surface area (Å²) < 4.78 is 4.91. The molecule has 0 aliphatic rings. The van der Waals surface area contributed by atoms with Gasteiger partial charge in [0.2, 0.25) is 0 Å². The van der Waals surface area contributed by atoms with Crippen molar-refractivity contribution in [1.82, 2.24) is 4.90 Å². The lowest BCUT2D eigenvalue weighted by atomic mass is 10.2. The average molecular weight is 281 g/mol. The fourth-order valence-corrected chi connectivity index (χ4v) is 2.26. The zero-order valence-electron chi connectivity index (χ0n) is 12.0. The second-order valence-corrected chi connectivity index (χ2v) is 5.37. The zero-order chi connectivity index (χ0) is 14.1. The van der Waals surface area contributed by atoms with Crippen molar-refractivity contribution in [2.75, 3.05) is 26.5 Å². The highest BCUT2D eigenvalue weighted by atomic mass is 32.2. The van der Waals surface area contributed by atoms with Crippen LogP contribution in [0.25, 0.3) is 0 Å². The Hall–Kier alpha value is -1.00. The van der Waals surface area contributed by atoms with Crippen LogP contribution in [-0.4, -0.2) is 37.3 Å². The van der Waals surface area contributed by atoms with Gasteiger partial charge in [0.1, 0.15) is 0 Å². The van der Waals surface area contributed by atoms with Crippen LogP contribution < -0.4 is 0 Å². The molecule has 19 heavy (non-hydrogen) atoms. The topological polar surface area (TPSA) is 29.5 Å². The van der Waals surface area contributed by atoms with Crippen molar-refractivity contribution < 1.29 is 9.53 Å². The minimum Gasteiger partial charge on any atom is -0.466 e. The number of carbonyl (C=O) groups is 1. The molecule has 0 saturated carbocycles. The molecule has 0 fully saturated rings. The van der Waals surface area contributed by atoms with Gasteiger partial charge in [-0.1, -0.05) is 12.1 Å². The number of esters is 1. The average Bonchev–Trinajstić information content (AvgIpc) is 2.40. The van der Waals surface area contributed by atoms with E-state index in [0.717, 1.165) is 19.5 Å². The Morgan fingerprint density at radius 1 is 1.32 bits per heavy atom. The first-order chi connectivity index (χ1) is 9.15. The summed E-state index contributed by atoms with van der Waals surface area (Å²) in [7, 11) is 2.08. The molecule has 0 unspecified atom stereocenters. The lowest BCUT2D eigenvalue weighted by Crippen LogP contribution is -2.20. The van der Waals surface area contributed by atoms with Gasteiger partial charge < -0.3 is 9.64 Å². The molecule has 0 radical (unpaired) electrons. The number of rotatable bonds is 8. The van der Waals surface area contributed by atoms with Gasteiger partial charge in [0.05, 0.1) is 6.61 Å². The monoisotopic (exact) mass is 281 g/mol. The van der Waals surface area contributed by atoms with Crippen molar-refractivity contribution in [3.05, 3.63) is 29.8 Å². The number of carbonyl (C=O) groups excluding carboxylic acids is 1. The third-order valence-electron chi connectivity index (χ3n) is 2.84. The predicted molar refractivity (Wildman–Crippen MR) is 80.4 cm³/mol. The number of hydrogen-bond acceptors (Lipinski definition) is 4. The molecule has 0 amide bonds. The van der Waals surface area contributed by atoms with Crippen molar-refractivity contribution in [1.29, 1.82) is 0 Å². The Bertz CT molecular complexity index is 378. The molecule has 1 aromatic carbocycles. The highest BCUT2D eigenvalue weighted by Crippen LogP contribution is 2.15. The van der Waals surface area contributed by atoms with Crippen molar-refractivity contribution >= 4 is 17.7 Å². The van der Waals surface area contributed by atoms with E-state index in [1.165, 1.54) is 10.5 Å². The summed E-state index contributed by atoms with van der Waals surface area (Å²) in [5.41, 5.74) is 1.30. The molecule has 4 heteroatoms. The second kappa shape index (κ2) is 8.99. The highest BCUT2D eigenvalue weighted by Gasteiger charge is 2.04. The molecule has 0 heterocycles. The maximum absolute atomic E-state index is 11.2. The van der Waals surface area contributed by atoms with E-state index in [4.69, 9.17) is 4.74 Å². The minimum atomic E-state index is -0.0970. The van der Waals surface area contributed by atoms with Crippen LogP contribution in [0.3, 0.4) is 0 Å². The summed E-state index contributed by atoms with van der Waals surface area (Å²) in [5, 5.41) is 0. The summed E-state index contributed by atoms with van der Waals surface area (Å²) >= 11 is 1.75. The van der Waals surface area contributed by atoms with Crippen LogP contribution in [0.1, 0.15) is 25.3 Å². The molecule has 0 aliphatic carbocycles. The summed E-state index contributed by atoms with van der Waals surface area (Å²) in [6.07, 6.45) is 3.43. The first-order valence-corrected chi connectivity index (χ1v) is 7.85. The van der Waals surface area contributed by atoms with Crippen molar-refractivity contribution in [2.45, 2.75) is 31.2 Å². The lowest BCUT2D eigenvalue weighted by Gasteiger charge is -2.16. The summed E-state index contributed by atoms with van der Waals surface area (Å²) in [4.78, 5) is 14.7. The molecule has 0 atom stereocenters. The molecular formula is C15H23NO2S. The number of hydrogen-bond donors (Lipinski definition) is 0. The Balaban J connectivity index is 2.26. The molecule has 0 aromatic heterocycles. The Morgan fingerprint density at radius 2 is 2.00 bits per heavy atom. The normalized spacial score (nSPS) is 10.7. The van der Waals surface area contributed by atoms with E-state index in [-0.39, 0.29) is 5.97 Å². The molecule has 0 aliphatic heterocycles. The molecule has 106 valence electrons. The van der Waals surface area contributed by atoms with E-state index >= 15 is 0 Å². The van der Waals surface area contributed by atoms with E-state index in [1.54, 1.807) is 11.8 Å². The van der Waals surface area contributed by atoms with Gasteiger partial charge >= 0.3 is 5.97 Å². The van der Waals surface area contributed by atoms with Gasteiger partial charge in [0.15, 0.2) is 0 Å². The van der Waals surface area contributed by atoms with E-state index in [9.17, 15) is 4.79 Å². The van der Waals surface area contributed by atoms with Crippen LogP contribution in [0.15, 0.2) is 29.2 Å². The summed E-state index contributed by atoms with van der Waals surface area (Å²) in [5.74, 6) is -0.0970. The molecule has 0 bridgehead atoms. The van der Waals surface area contributed by atoms with Gasteiger partial charge in [-0.15, -0.1) is 11.8 Å². The molecule has 3 nitrogen and oxygen atoms in total. The van der Waals surface area contributed by atoms with E-state index in [0.29, 0.717) is 13.0 Å². The van der Waals surface area contributed by atoms with Crippen molar-refractivity contribution in [2.24, 2.45) is 0 Å². The van der Waals surface area contributed by atoms with Crippen LogP contribution in [-0.2, 0) is 16.1 Å². The van der Waals surface area contributed by atoms with Gasteiger partial charge in [-0.2, -0.15) is 0 Å². The molecule has 1 aromatic rings. The third-order valence-corrected chi connectivity index (χ3v) is 3.58. The van der Waals surface area contributed by atoms with Crippen LogP contribution in [0.4, 0.5) is 0 Å². The van der Waals surface area contributed by atoms with Gasteiger partial charge in [-0.25, -0.2) is 0 Å². The third kappa shape index (κ3) is 6.64. The zero-order valence-corrected chi connectivity index (χ0v) is 12.8. The first kappa shape index (κ1) is 16.1. The molecule has 1 rings (SSSR count). The van der Waals surface area contributed by atoms with Gasteiger partial charge in [0.25, 0.3) is 0 Å². The maximum atomic E-state index is 11.2. The first-order valence-electron chi connectivity index (χ1n) is 6.62. The molecule has 0 spiro atoms. The van der Waals surface area contributed by atoms with Crippen molar-refractivity contribution in [3.8, 4) is 0 Å². The standard InChI is InChI=1S/C15H23NO2S/c1-4-18-15(17)6-5-11-16(2)12-13-7-9-14(19-3)10-8-13/h7-10H,4-6,11-12H2,1-3H3. The minimum absolute atomic E-state index is 0.0970. The number of benzene rings is 1. The number of nitrogens with zero attached hydrogens (tertiary/aromatic N) is 1. The molecular weight excluding hydrogens is 258 g/mol. The number of thioether (sulfide) groups is 1. The predicted octanol–water partition coefficient (Wildman–Crippen LogP) is 3.18. The van der Waals surface area contributed by atoms with Crippen LogP contribution >= 0.6 is 11.8 Å². The van der Waals surface area contributed by atoms with Crippen LogP contribution in [0.5, 0.6) is 0 Å². The fourth-order valence-electron chi connectivity index (χ4n) is 1.85. The molecule has 0 saturated heterocycles. The fraction of sp³-hybridized carbons (Fsp3) is 0.533. The number of ether oxygens (including phenoxy) is 1. The van der Waals surface area contributed by atoms with Crippen LogP contribution in [0.2, 0.25) is 0 Å². The maximum Gasteiger partial charge on any atom is 0.305 e. The van der Waals surface area contributed by atoms with E-state index in [1.807, 2.05) is 6.92 Å². The van der Waals surface area contributed by atoms with Gasteiger partial charge in [-0.05, 0) is 50.9 Å². The highest BCUT2D eigenvalue weighted by molar-refractivity contribution is 7.98. The largest absolute Gasteiger partial charge is 0.466 e. The van der Waals surface area contributed by atoms with E-state index < -0.39 is 0 Å². The Morgan fingerprint density at radius 3 is 2.58 bits per heavy atom. The van der Waals surface area contributed by atoms with Crippen LogP contribution in [0, 0.1) is 0 Å². The quantitative estimate of drug-likeness (QED) is 0.541. The van der Waals surface area contributed by atoms with Gasteiger partial charge in [0, 0.05) is 17.9 Å². The Kier molecular flexibility index (Phi) is 7.60.